The van der Waals surface area contributed by atoms with Crippen LogP contribution in [0.1, 0.15) is 37.0 Å². The number of carbonyl (C=O) groups is 1. The van der Waals surface area contributed by atoms with Crippen molar-refractivity contribution in [2.45, 2.75) is 32.7 Å². The maximum absolute atomic E-state index is 12.5. The molecular weight excluding hydrogens is 260 g/mol. The molecule has 1 aliphatic rings. The van der Waals surface area contributed by atoms with Crippen LogP contribution < -0.4 is 0 Å². The molecule has 0 spiro atoms. The highest BCUT2D eigenvalue weighted by molar-refractivity contribution is 5.97. The Kier molecular flexibility index (Phi) is 5.95. The van der Waals surface area contributed by atoms with Crippen molar-refractivity contribution in [1.29, 1.82) is 0 Å². The summed E-state index contributed by atoms with van der Waals surface area (Å²) in [6, 6.07) is 10.3. The van der Waals surface area contributed by atoms with E-state index < -0.39 is 0 Å². The maximum atomic E-state index is 12.5. The van der Waals surface area contributed by atoms with Crippen molar-refractivity contribution in [2.24, 2.45) is 5.92 Å². The molecule has 2 rings (SSSR count). The van der Waals surface area contributed by atoms with E-state index in [4.69, 9.17) is 0 Å². The third kappa shape index (κ3) is 4.39. The van der Waals surface area contributed by atoms with E-state index in [2.05, 4.69) is 30.7 Å². The molecule has 0 radical (unpaired) electrons. The van der Waals surface area contributed by atoms with Crippen molar-refractivity contribution < 1.29 is 4.79 Å². The average Bonchev–Trinajstić information content (AvgIpc) is 2.68. The molecule has 3 nitrogen and oxygen atoms in total. The molecular formula is C18H28N2O. The average molecular weight is 288 g/mol. The zero-order chi connectivity index (χ0) is 15.2. The Morgan fingerprint density at radius 1 is 1.29 bits per heavy atom. The number of ketones is 1. The van der Waals surface area contributed by atoms with Crippen molar-refractivity contribution in [2.75, 3.05) is 33.2 Å². The number of rotatable bonds is 5. The molecule has 0 amide bonds. The number of benzene rings is 1. The summed E-state index contributed by atoms with van der Waals surface area (Å²) in [6.45, 7) is 8.57. The molecule has 0 aromatic heterocycles. The lowest BCUT2D eigenvalue weighted by atomic mass is 9.98. The minimum absolute atomic E-state index is 0.0601. The van der Waals surface area contributed by atoms with E-state index in [-0.39, 0.29) is 11.7 Å². The summed E-state index contributed by atoms with van der Waals surface area (Å²) in [5.74, 6) is 0.327. The van der Waals surface area contributed by atoms with Gasteiger partial charge in [-0.3, -0.25) is 9.69 Å². The molecule has 1 fully saturated rings. The summed E-state index contributed by atoms with van der Waals surface area (Å²) in [7, 11) is 2.20. The maximum Gasteiger partial charge on any atom is 0.166 e. The number of nitrogens with zero attached hydrogens (tertiary/aromatic N) is 2. The number of hydrogen-bond acceptors (Lipinski definition) is 3. The van der Waals surface area contributed by atoms with Crippen molar-refractivity contribution in [3.05, 3.63) is 35.9 Å². The van der Waals surface area contributed by atoms with Gasteiger partial charge in [0.15, 0.2) is 5.78 Å². The molecule has 1 saturated heterocycles. The monoisotopic (exact) mass is 288 g/mol. The van der Waals surface area contributed by atoms with Gasteiger partial charge in [0, 0.05) is 30.6 Å². The first-order valence-electron chi connectivity index (χ1n) is 8.13. The number of Topliss-reactive ketones (excluding diaryl/α,β-unsaturated/α-hetero) is 1. The zero-order valence-electron chi connectivity index (χ0n) is 13.6. The Hall–Kier alpha value is -1.19. The normalized spacial score (nSPS) is 22.7. The SMILES string of the molecule is CCC1CN(C)CCCN1CC(C)C(=O)c1ccccc1. The van der Waals surface area contributed by atoms with Crippen LogP contribution in [0.25, 0.3) is 0 Å². The number of hydrogen-bond donors (Lipinski definition) is 0. The molecule has 1 aromatic carbocycles. The minimum Gasteiger partial charge on any atom is -0.305 e. The molecule has 1 heterocycles. The lowest BCUT2D eigenvalue weighted by Gasteiger charge is -2.31. The van der Waals surface area contributed by atoms with Crippen LogP contribution in [-0.2, 0) is 0 Å². The topological polar surface area (TPSA) is 23.6 Å². The fourth-order valence-corrected chi connectivity index (χ4v) is 3.24. The van der Waals surface area contributed by atoms with Gasteiger partial charge < -0.3 is 4.90 Å². The van der Waals surface area contributed by atoms with E-state index in [1.54, 1.807) is 0 Å². The number of carbonyl (C=O) groups excluding carboxylic acids is 1. The molecule has 2 atom stereocenters. The van der Waals surface area contributed by atoms with E-state index in [9.17, 15) is 4.79 Å². The first-order valence-corrected chi connectivity index (χ1v) is 8.13. The Morgan fingerprint density at radius 2 is 2.00 bits per heavy atom. The van der Waals surface area contributed by atoms with E-state index >= 15 is 0 Å². The molecule has 1 aromatic rings. The van der Waals surface area contributed by atoms with Gasteiger partial charge in [-0.05, 0) is 33.0 Å². The van der Waals surface area contributed by atoms with Gasteiger partial charge in [0.25, 0.3) is 0 Å². The first-order chi connectivity index (χ1) is 10.1. The van der Waals surface area contributed by atoms with E-state index in [0.29, 0.717) is 6.04 Å². The van der Waals surface area contributed by atoms with Crippen LogP contribution in [0.5, 0.6) is 0 Å². The van der Waals surface area contributed by atoms with Crippen LogP contribution in [0, 0.1) is 5.92 Å². The highest BCUT2D eigenvalue weighted by Gasteiger charge is 2.25. The predicted octanol–water partition coefficient (Wildman–Crippen LogP) is 2.92. The van der Waals surface area contributed by atoms with Crippen molar-refractivity contribution in [1.82, 2.24) is 9.80 Å². The standard InChI is InChI=1S/C18H28N2O/c1-4-17-14-19(3)11-8-12-20(17)13-15(2)18(21)16-9-6-5-7-10-16/h5-7,9-10,15,17H,4,8,11-14H2,1-3H3. The second kappa shape index (κ2) is 7.71. The Balaban J connectivity index is 2.00. The Labute approximate surface area is 128 Å². The van der Waals surface area contributed by atoms with Crippen molar-refractivity contribution >= 4 is 5.78 Å². The lowest BCUT2D eigenvalue weighted by molar-refractivity contribution is 0.0864. The lowest BCUT2D eigenvalue weighted by Crippen LogP contribution is -2.43. The van der Waals surface area contributed by atoms with Gasteiger partial charge >= 0.3 is 0 Å². The van der Waals surface area contributed by atoms with Gasteiger partial charge in [0.1, 0.15) is 0 Å². The van der Waals surface area contributed by atoms with Gasteiger partial charge in [-0.2, -0.15) is 0 Å². The van der Waals surface area contributed by atoms with Crippen molar-refractivity contribution in [3.8, 4) is 0 Å². The summed E-state index contributed by atoms with van der Waals surface area (Å²) >= 11 is 0. The van der Waals surface area contributed by atoms with E-state index in [0.717, 1.165) is 38.2 Å². The fraction of sp³-hybridized carbons (Fsp3) is 0.611. The van der Waals surface area contributed by atoms with Crippen molar-refractivity contribution in [3.63, 3.8) is 0 Å². The number of likely N-dealkylation sites (N-methyl/N-ethyl adjacent to an activating group) is 1. The molecule has 0 N–H and O–H groups in total. The van der Waals surface area contributed by atoms with Gasteiger partial charge in [-0.25, -0.2) is 0 Å². The molecule has 116 valence electrons. The highest BCUT2D eigenvalue weighted by atomic mass is 16.1. The Morgan fingerprint density at radius 3 is 2.67 bits per heavy atom. The minimum atomic E-state index is 0.0601. The van der Waals surface area contributed by atoms with Crippen LogP contribution in [-0.4, -0.2) is 54.9 Å². The van der Waals surface area contributed by atoms with Gasteiger partial charge in [0.05, 0.1) is 0 Å². The smallest absolute Gasteiger partial charge is 0.166 e. The summed E-state index contributed by atoms with van der Waals surface area (Å²) in [5, 5.41) is 0. The molecule has 0 aliphatic carbocycles. The molecule has 2 unspecified atom stereocenters. The predicted molar refractivity (Wildman–Crippen MR) is 87.7 cm³/mol. The first kappa shape index (κ1) is 16.2. The second-order valence-corrected chi connectivity index (χ2v) is 6.30. The fourth-order valence-electron chi connectivity index (χ4n) is 3.24. The van der Waals surface area contributed by atoms with E-state index in [1.807, 2.05) is 30.3 Å². The summed E-state index contributed by atoms with van der Waals surface area (Å²) < 4.78 is 0. The summed E-state index contributed by atoms with van der Waals surface area (Å²) in [4.78, 5) is 17.5. The third-order valence-corrected chi connectivity index (χ3v) is 4.51. The Bertz CT molecular complexity index is 446. The molecule has 21 heavy (non-hydrogen) atoms. The molecule has 0 saturated carbocycles. The van der Waals surface area contributed by atoms with Crippen LogP contribution in [0.3, 0.4) is 0 Å². The van der Waals surface area contributed by atoms with Gasteiger partial charge in [-0.15, -0.1) is 0 Å². The summed E-state index contributed by atoms with van der Waals surface area (Å²) in [5.41, 5.74) is 0.838. The van der Waals surface area contributed by atoms with Crippen LogP contribution >= 0.6 is 0 Å². The molecule has 1 aliphatic heterocycles. The molecule has 3 heteroatoms. The van der Waals surface area contributed by atoms with Crippen LogP contribution in [0.15, 0.2) is 30.3 Å². The molecule has 0 bridgehead atoms. The van der Waals surface area contributed by atoms with Gasteiger partial charge in [-0.1, -0.05) is 44.2 Å². The largest absolute Gasteiger partial charge is 0.305 e. The van der Waals surface area contributed by atoms with E-state index in [1.165, 1.54) is 6.42 Å². The summed E-state index contributed by atoms with van der Waals surface area (Å²) in [6.07, 6.45) is 2.34. The van der Waals surface area contributed by atoms with Crippen LogP contribution in [0.2, 0.25) is 0 Å². The second-order valence-electron chi connectivity index (χ2n) is 6.30. The van der Waals surface area contributed by atoms with Crippen LogP contribution in [0.4, 0.5) is 0 Å². The zero-order valence-corrected chi connectivity index (χ0v) is 13.6. The quantitative estimate of drug-likeness (QED) is 0.778. The highest BCUT2D eigenvalue weighted by Crippen LogP contribution is 2.16. The van der Waals surface area contributed by atoms with Gasteiger partial charge in [0.2, 0.25) is 0 Å². The third-order valence-electron chi connectivity index (χ3n) is 4.51.